The first-order valence-electron chi connectivity index (χ1n) is 11.0. The highest BCUT2D eigenvalue weighted by Crippen LogP contribution is 2.32. The van der Waals surface area contributed by atoms with Gasteiger partial charge in [0, 0.05) is 16.9 Å². The zero-order valence-corrected chi connectivity index (χ0v) is 20.6. The number of imidazole rings is 1. The van der Waals surface area contributed by atoms with Gasteiger partial charge in [-0.1, -0.05) is 36.9 Å². The minimum absolute atomic E-state index is 0.209. The Kier molecular flexibility index (Phi) is 8.62. The highest BCUT2D eigenvalue weighted by atomic mass is 32.2. The summed E-state index contributed by atoms with van der Waals surface area (Å²) in [5, 5.41) is 0. The highest BCUT2D eigenvalue weighted by molar-refractivity contribution is 8.03. The molecule has 3 rings (SSSR count). The molecule has 0 unspecified atom stereocenters. The molecule has 0 fully saturated rings. The number of fused-ring (bicyclic) bond motifs is 1. The van der Waals surface area contributed by atoms with Gasteiger partial charge >= 0.3 is 12.1 Å². The minimum Gasteiger partial charge on any atom is -0.469 e. The number of hydrogen-bond donors (Lipinski definition) is 1. The number of nitrogens with one attached hydrogen (secondary N) is 1. The number of H-pyrrole nitrogens is 1. The van der Waals surface area contributed by atoms with Crippen molar-refractivity contribution in [3.8, 4) is 11.4 Å². The Morgan fingerprint density at radius 2 is 1.86 bits per heavy atom. The molecule has 0 atom stereocenters. The predicted octanol–water partition coefficient (Wildman–Crippen LogP) is 7.80. The normalized spacial score (nSPS) is 12.7. The van der Waals surface area contributed by atoms with E-state index >= 15 is 0 Å². The van der Waals surface area contributed by atoms with Crippen LogP contribution in [0.1, 0.15) is 37.8 Å². The van der Waals surface area contributed by atoms with Crippen molar-refractivity contribution in [3.63, 3.8) is 0 Å². The number of hydrogen-bond acceptors (Lipinski definition) is 4. The van der Waals surface area contributed by atoms with Crippen LogP contribution < -0.4 is 0 Å². The summed E-state index contributed by atoms with van der Waals surface area (Å²) >= 11 is 1.65. The SMILES string of the molecule is C=C(C)/C(=C\C=C(/C)c1ccc(-c2nc3ccc(C(F)(F)F)cc3[nH]2)cc1)SCCCC(=O)OC. The summed E-state index contributed by atoms with van der Waals surface area (Å²) in [6, 6.07) is 11.2. The monoisotopic (exact) mass is 500 g/mol. The summed E-state index contributed by atoms with van der Waals surface area (Å²) in [5.74, 6) is 1.09. The maximum atomic E-state index is 13.0. The van der Waals surface area contributed by atoms with Crippen LogP contribution >= 0.6 is 11.8 Å². The molecule has 0 bridgehead atoms. The number of ether oxygens (including phenoxy) is 1. The molecule has 35 heavy (non-hydrogen) atoms. The number of allylic oxidation sites excluding steroid dienone is 4. The number of halogens is 3. The molecule has 4 nitrogen and oxygen atoms in total. The lowest BCUT2D eigenvalue weighted by Crippen LogP contribution is -2.04. The molecular weight excluding hydrogens is 473 g/mol. The molecule has 0 aliphatic carbocycles. The summed E-state index contributed by atoms with van der Waals surface area (Å²) in [7, 11) is 1.39. The Balaban J connectivity index is 1.72. The Bertz CT molecular complexity index is 1270. The Hall–Kier alpha value is -3.26. The lowest BCUT2D eigenvalue weighted by atomic mass is 10.0. The van der Waals surface area contributed by atoms with E-state index in [2.05, 4.69) is 21.3 Å². The Morgan fingerprint density at radius 1 is 1.14 bits per heavy atom. The van der Waals surface area contributed by atoms with Crippen molar-refractivity contribution in [1.82, 2.24) is 9.97 Å². The summed E-state index contributed by atoms with van der Waals surface area (Å²) < 4.78 is 43.6. The molecule has 0 aliphatic heterocycles. The quantitative estimate of drug-likeness (QED) is 0.185. The van der Waals surface area contributed by atoms with Gasteiger partial charge in [-0.2, -0.15) is 13.2 Å². The number of nitrogens with zero attached hydrogens (tertiary/aromatic N) is 1. The van der Waals surface area contributed by atoms with Crippen LogP contribution in [0.5, 0.6) is 0 Å². The van der Waals surface area contributed by atoms with E-state index in [0.717, 1.165) is 51.5 Å². The Morgan fingerprint density at radius 3 is 2.49 bits per heavy atom. The molecule has 0 spiro atoms. The van der Waals surface area contributed by atoms with Gasteiger partial charge in [0.2, 0.25) is 0 Å². The average molecular weight is 501 g/mol. The van der Waals surface area contributed by atoms with E-state index in [9.17, 15) is 18.0 Å². The van der Waals surface area contributed by atoms with Crippen LogP contribution in [0.2, 0.25) is 0 Å². The molecule has 1 heterocycles. The van der Waals surface area contributed by atoms with E-state index in [1.165, 1.54) is 13.2 Å². The van der Waals surface area contributed by atoms with Crippen LogP contribution in [0, 0.1) is 0 Å². The number of aromatic nitrogens is 2. The molecule has 0 amide bonds. The van der Waals surface area contributed by atoms with Crippen LogP contribution in [0.25, 0.3) is 28.0 Å². The second-order valence-electron chi connectivity index (χ2n) is 8.08. The topological polar surface area (TPSA) is 55.0 Å². The first-order chi connectivity index (χ1) is 16.6. The third-order valence-corrected chi connectivity index (χ3v) is 6.63. The molecule has 1 N–H and O–H groups in total. The number of aromatic amines is 1. The van der Waals surface area contributed by atoms with Crippen LogP contribution in [-0.4, -0.2) is 28.8 Å². The fourth-order valence-electron chi connectivity index (χ4n) is 3.32. The standard InChI is InChI=1S/C27H27F3N2O2S/c1-17(2)24(35-15-5-6-25(33)34-4)14-7-18(3)19-8-10-20(11-9-19)26-31-22-13-12-21(27(28,29)30)16-23(22)32-26/h7-14,16H,1,5-6,15H2,2-4H3,(H,31,32)/b18-7+,24-14+. The molecule has 0 radical (unpaired) electrons. The van der Waals surface area contributed by atoms with Crippen molar-refractivity contribution in [1.29, 1.82) is 0 Å². The third kappa shape index (κ3) is 7.11. The maximum Gasteiger partial charge on any atom is 0.416 e. The van der Waals surface area contributed by atoms with E-state index in [1.54, 1.807) is 11.8 Å². The van der Waals surface area contributed by atoms with Crippen molar-refractivity contribution in [2.45, 2.75) is 32.9 Å². The van der Waals surface area contributed by atoms with Gasteiger partial charge < -0.3 is 9.72 Å². The van der Waals surface area contributed by atoms with Crippen molar-refractivity contribution < 1.29 is 22.7 Å². The van der Waals surface area contributed by atoms with E-state index in [-0.39, 0.29) is 5.97 Å². The molecule has 0 saturated carbocycles. The first-order valence-corrected chi connectivity index (χ1v) is 12.0. The van der Waals surface area contributed by atoms with Crippen LogP contribution in [0.3, 0.4) is 0 Å². The van der Waals surface area contributed by atoms with Crippen LogP contribution in [-0.2, 0) is 15.7 Å². The number of alkyl halides is 3. The number of thioether (sulfide) groups is 1. The van der Waals surface area contributed by atoms with Gasteiger partial charge in [-0.15, -0.1) is 11.8 Å². The fourth-order valence-corrected chi connectivity index (χ4v) is 4.24. The molecule has 0 saturated heterocycles. The van der Waals surface area contributed by atoms with Crippen molar-refractivity contribution in [2.24, 2.45) is 0 Å². The van der Waals surface area contributed by atoms with E-state index in [1.807, 2.05) is 50.3 Å². The van der Waals surface area contributed by atoms with E-state index in [4.69, 9.17) is 0 Å². The smallest absolute Gasteiger partial charge is 0.416 e. The summed E-state index contributed by atoms with van der Waals surface area (Å²) in [6.07, 6.45) is 0.761. The zero-order valence-electron chi connectivity index (χ0n) is 19.8. The molecule has 8 heteroatoms. The fraction of sp³-hybridized carbons (Fsp3) is 0.259. The maximum absolute atomic E-state index is 13.0. The van der Waals surface area contributed by atoms with Crippen LogP contribution in [0.15, 0.2) is 71.7 Å². The van der Waals surface area contributed by atoms with Crippen molar-refractivity contribution in [3.05, 3.63) is 82.8 Å². The van der Waals surface area contributed by atoms with Crippen molar-refractivity contribution in [2.75, 3.05) is 12.9 Å². The largest absolute Gasteiger partial charge is 0.469 e. The zero-order chi connectivity index (χ0) is 25.6. The summed E-state index contributed by atoms with van der Waals surface area (Å²) in [4.78, 5) is 19.7. The van der Waals surface area contributed by atoms with Gasteiger partial charge in [0.25, 0.3) is 0 Å². The summed E-state index contributed by atoms with van der Waals surface area (Å²) in [6.45, 7) is 7.99. The number of methoxy groups -OCH3 is 1. The third-order valence-electron chi connectivity index (χ3n) is 5.34. The van der Waals surface area contributed by atoms with Gasteiger partial charge in [0.1, 0.15) is 5.82 Å². The number of carbonyl (C=O) groups excluding carboxylic acids is 1. The lowest BCUT2D eigenvalue weighted by Gasteiger charge is -2.07. The second kappa shape index (κ2) is 11.4. The molecule has 1 aromatic heterocycles. The van der Waals surface area contributed by atoms with Gasteiger partial charge in [-0.25, -0.2) is 4.98 Å². The molecular formula is C27H27F3N2O2S. The average Bonchev–Trinajstić information content (AvgIpc) is 3.26. The number of carbonyl (C=O) groups is 1. The predicted molar refractivity (Wildman–Crippen MR) is 137 cm³/mol. The summed E-state index contributed by atoms with van der Waals surface area (Å²) in [5.41, 5.74) is 3.91. The van der Waals surface area contributed by atoms with Gasteiger partial charge in [-0.05, 0) is 67.0 Å². The van der Waals surface area contributed by atoms with E-state index in [0.29, 0.717) is 23.3 Å². The second-order valence-corrected chi connectivity index (χ2v) is 9.22. The molecule has 2 aromatic carbocycles. The first kappa shape index (κ1) is 26.3. The lowest BCUT2D eigenvalue weighted by molar-refractivity contribution is -0.140. The van der Waals surface area contributed by atoms with Gasteiger partial charge in [-0.3, -0.25) is 4.79 Å². The molecule has 3 aromatic rings. The van der Waals surface area contributed by atoms with E-state index < -0.39 is 11.7 Å². The van der Waals surface area contributed by atoms with Gasteiger partial charge in [0.05, 0.1) is 23.7 Å². The number of esters is 1. The minimum atomic E-state index is -4.40. The molecule has 0 aliphatic rings. The Labute approximate surface area is 207 Å². The van der Waals surface area contributed by atoms with Crippen LogP contribution in [0.4, 0.5) is 13.2 Å². The number of rotatable bonds is 9. The highest BCUT2D eigenvalue weighted by Gasteiger charge is 2.30. The molecule has 184 valence electrons. The number of benzene rings is 2. The van der Waals surface area contributed by atoms with Gasteiger partial charge in [0.15, 0.2) is 0 Å². The van der Waals surface area contributed by atoms with Crippen molar-refractivity contribution >= 4 is 34.3 Å².